The van der Waals surface area contributed by atoms with Crippen LogP contribution in [0.15, 0.2) is 48.5 Å². The van der Waals surface area contributed by atoms with Crippen LogP contribution in [0.2, 0.25) is 0 Å². The van der Waals surface area contributed by atoms with Crippen LogP contribution >= 0.6 is 0 Å². The Hall–Kier alpha value is -2.89. The van der Waals surface area contributed by atoms with E-state index in [0.29, 0.717) is 11.4 Å². The molecular weight excluding hydrogens is 258 g/mol. The van der Waals surface area contributed by atoms with Crippen LogP contribution in [0.1, 0.15) is 10.4 Å². The number of benzene rings is 2. The van der Waals surface area contributed by atoms with Gasteiger partial charge in [-0.3, -0.25) is 14.9 Å². The summed E-state index contributed by atoms with van der Waals surface area (Å²) < 4.78 is 0. The molecule has 0 aliphatic rings. The lowest BCUT2D eigenvalue weighted by molar-refractivity contribution is -0.385. The number of amides is 1. The minimum Gasteiger partial charge on any atom is -0.397 e. The quantitative estimate of drug-likeness (QED) is 0.527. The Balaban J connectivity index is 2.42. The van der Waals surface area contributed by atoms with Gasteiger partial charge in [0.25, 0.3) is 11.6 Å². The van der Waals surface area contributed by atoms with Crippen LogP contribution in [0.25, 0.3) is 0 Å². The van der Waals surface area contributed by atoms with Gasteiger partial charge in [-0.1, -0.05) is 24.3 Å². The fraction of sp³-hybridized carbons (Fsp3) is 0.0714. The largest absolute Gasteiger partial charge is 0.397 e. The second kappa shape index (κ2) is 5.40. The van der Waals surface area contributed by atoms with E-state index < -0.39 is 10.8 Å². The van der Waals surface area contributed by atoms with Gasteiger partial charge in [0.15, 0.2) is 0 Å². The molecule has 6 nitrogen and oxygen atoms in total. The van der Waals surface area contributed by atoms with Gasteiger partial charge in [0.05, 0.1) is 16.3 Å². The van der Waals surface area contributed by atoms with Crippen molar-refractivity contribution in [3.8, 4) is 0 Å². The summed E-state index contributed by atoms with van der Waals surface area (Å²) in [5, 5.41) is 11.0. The topological polar surface area (TPSA) is 89.5 Å². The Bertz CT molecular complexity index is 670. The van der Waals surface area contributed by atoms with Crippen molar-refractivity contribution < 1.29 is 9.72 Å². The number of anilines is 2. The number of carbonyl (C=O) groups is 1. The smallest absolute Gasteiger partial charge is 0.282 e. The second-order valence-electron chi connectivity index (χ2n) is 4.20. The van der Waals surface area contributed by atoms with E-state index in [0.717, 1.165) is 0 Å². The van der Waals surface area contributed by atoms with Crippen LogP contribution in [0, 0.1) is 10.1 Å². The van der Waals surface area contributed by atoms with Gasteiger partial charge >= 0.3 is 0 Å². The number of nitrogen functional groups attached to an aromatic ring is 1. The number of hydrogen-bond donors (Lipinski definition) is 1. The molecule has 0 aliphatic heterocycles. The van der Waals surface area contributed by atoms with Gasteiger partial charge in [-0.2, -0.15) is 0 Å². The van der Waals surface area contributed by atoms with Crippen molar-refractivity contribution in [1.82, 2.24) is 0 Å². The monoisotopic (exact) mass is 271 g/mol. The van der Waals surface area contributed by atoms with Crippen molar-refractivity contribution >= 4 is 23.0 Å². The number of nitrogens with zero attached hydrogens (tertiary/aromatic N) is 2. The summed E-state index contributed by atoms with van der Waals surface area (Å²) >= 11 is 0. The van der Waals surface area contributed by atoms with Crippen LogP contribution in [-0.4, -0.2) is 17.9 Å². The number of nitrogens with two attached hydrogens (primary N) is 1. The number of carbonyl (C=O) groups excluding carboxylic acids is 1. The predicted molar refractivity (Wildman–Crippen MR) is 76.7 cm³/mol. The first-order valence-electron chi connectivity index (χ1n) is 5.88. The Morgan fingerprint density at radius 2 is 1.75 bits per heavy atom. The molecule has 0 radical (unpaired) electrons. The van der Waals surface area contributed by atoms with Crippen molar-refractivity contribution in [2.45, 2.75) is 0 Å². The van der Waals surface area contributed by atoms with Crippen molar-refractivity contribution in [1.29, 1.82) is 0 Å². The van der Waals surface area contributed by atoms with Crippen LogP contribution in [0.4, 0.5) is 17.1 Å². The van der Waals surface area contributed by atoms with E-state index in [1.54, 1.807) is 30.3 Å². The average molecular weight is 271 g/mol. The lowest BCUT2D eigenvalue weighted by Crippen LogP contribution is -2.27. The number of para-hydroxylation sites is 3. The molecular formula is C14H13N3O3. The van der Waals surface area contributed by atoms with E-state index in [1.165, 1.54) is 30.1 Å². The molecule has 0 fully saturated rings. The highest BCUT2D eigenvalue weighted by molar-refractivity contribution is 6.09. The molecule has 2 aromatic rings. The maximum atomic E-state index is 12.4. The Labute approximate surface area is 115 Å². The first-order valence-corrected chi connectivity index (χ1v) is 5.88. The maximum Gasteiger partial charge on any atom is 0.282 e. The summed E-state index contributed by atoms with van der Waals surface area (Å²) in [7, 11) is 1.53. The molecule has 1 amide bonds. The fourth-order valence-electron chi connectivity index (χ4n) is 1.90. The molecule has 0 heterocycles. The van der Waals surface area contributed by atoms with Gasteiger partial charge in [-0.05, 0) is 18.2 Å². The van der Waals surface area contributed by atoms with E-state index in [9.17, 15) is 14.9 Å². The number of rotatable bonds is 3. The third-order valence-corrected chi connectivity index (χ3v) is 2.93. The molecule has 0 saturated carbocycles. The van der Waals surface area contributed by atoms with E-state index in [-0.39, 0.29) is 11.3 Å². The van der Waals surface area contributed by atoms with E-state index in [1.807, 2.05) is 0 Å². The molecule has 0 unspecified atom stereocenters. The summed E-state index contributed by atoms with van der Waals surface area (Å²) in [5.41, 5.74) is 6.56. The molecule has 2 N–H and O–H groups in total. The normalized spacial score (nSPS) is 10.1. The van der Waals surface area contributed by atoms with Gasteiger partial charge in [-0.15, -0.1) is 0 Å². The maximum absolute atomic E-state index is 12.4. The highest BCUT2D eigenvalue weighted by Crippen LogP contribution is 2.25. The predicted octanol–water partition coefficient (Wildman–Crippen LogP) is 2.45. The summed E-state index contributed by atoms with van der Waals surface area (Å²) in [5.74, 6) is -0.477. The molecule has 0 aliphatic carbocycles. The van der Waals surface area contributed by atoms with Crippen LogP contribution < -0.4 is 10.6 Å². The van der Waals surface area contributed by atoms with Crippen LogP contribution in [-0.2, 0) is 0 Å². The van der Waals surface area contributed by atoms with Crippen LogP contribution in [0.5, 0.6) is 0 Å². The lowest BCUT2D eigenvalue weighted by atomic mass is 10.1. The highest BCUT2D eigenvalue weighted by atomic mass is 16.6. The fourth-order valence-corrected chi connectivity index (χ4v) is 1.90. The molecule has 20 heavy (non-hydrogen) atoms. The van der Waals surface area contributed by atoms with E-state index >= 15 is 0 Å². The first kappa shape index (κ1) is 13.5. The van der Waals surface area contributed by atoms with Crippen molar-refractivity contribution in [3.63, 3.8) is 0 Å². The summed E-state index contributed by atoms with van der Waals surface area (Å²) in [6, 6.07) is 12.7. The van der Waals surface area contributed by atoms with E-state index in [2.05, 4.69) is 0 Å². The SMILES string of the molecule is CN(C(=O)c1ccccc1[N+](=O)[O-])c1ccccc1N. The zero-order valence-electron chi connectivity index (χ0n) is 10.8. The molecule has 0 spiro atoms. The Morgan fingerprint density at radius 1 is 1.15 bits per heavy atom. The van der Waals surface area contributed by atoms with Gasteiger partial charge < -0.3 is 10.6 Å². The summed E-state index contributed by atoms with van der Waals surface area (Å²) in [6.07, 6.45) is 0. The van der Waals surface area contributed by atoms with Crippen molar-refractivity contribution in [3.05, 3.63) is 64.2 Å². The average Bonchev–Trinajstić information content (AvgIpc) is 2.46. The second-order valence-corrected chi connectivity index (χ2v) is 4.20. The third-order valence-electron chi connectivity index (χ3n) is 2.93. The summed E-state index contributed by atoms with van der Waals surface area (Å²) in [6.45, 7) is 0. The van der Waals surface area contributed by atoms with E-state index in [4.69, 9.17) is 5.73 Å². The first-order chi connectivity index (χ1) is 9.52. The van der Waals surface area contributed by atoms with Gasteiger partial charge in [0, 0.05) is 13.1 Å². The Kier molecular flexibility index (Phi) is 3.65. The van der Waals surface area contributed by atoms with Gasteiger partial charge in [0.2, 0.25) is 0 Å². The minimum absolute atomic E-state index is 0.0308. The zero-order valence-corrected chi connectivity index (χ0v) is 10.8. The zero-order chi connectivity index (χ0) is 14.7. The molecule has 0 aromatic heterocycles. The molecule has 6 heteroatoms. The third kappa shape index (κ3) is 2.44. The standard InChI is InChI=1S/C14H13N3O3/c1-16(13-9-5-3-7-11(13)15)14(18)10-6-2-4-8-12(10)17(19)20/h2-9H,15H2,1H3. The van der Waals surface area contributed by atoms with Crippen molar-refractivity contribution in [2.75, 3.05) is 17.7 Å². The molecule has 2 rings (SSSR count). The lowest BCUT2D eigenvalue weighted by Gasteiger charge is -2.19. The Morgan fingerprint density at radius 3 is 2.40 bits per heavy atom. The highest BCUT2D eigenvalue weighted by Gasteiger charge is 2.23. The van der Waals surface area contributed by atoms with Gasteiger partial charge in [-0.25, -0.2) is 0 Å². The minimum atomic E-state index is -0.574. The number of nitro benzene ring substituents is 1. The molecule has 0 saturated heterocycles. The van der Waals surface area contributed by atoms with Gasteiger partial charge in [0.1, 0.15) is 5.56 Å². The molecule has 0 bridgehead atoms. The summed E-state index contributed by atoms with van der Waals surface area (Å²) in [4.78, 5) is 24.1. The van der Waals surface area contributed by atoms with Crippen molar-refractivity contribution in [2.24, 2.45) is 0 Å². The number of hydrogen-bond acceptors (Lipinski definition) is 4. The molecule has 0 atom stereocenters. The molecule has 102 valence electrons. The number of nitro groups is 1. The van der Waals surface area contributed by atoms with Crippen LogP contribution in [0.3, 0.4) is 0 Å². The molecule has 2 aromatic carbocycles.